The third-order valence-corrected chi connectivity index (χ3v) is 0.957. The van der Waals surface area contributed by atoms with E-state index in [2.05, 4.69) is 16.5 Å². The highest BCUT2D eigenvalue weighted by Crippen LogP contribution is 1.65. The van der Waals surface area contributed by atoms with Crippen molar-refractivity contribution in [1.29, 1.82) is 0 Å². The quantitative estimate of drug-likeness (QED) is 0.293. The van der Waals surface area contributed by atoms with Gasteiger partial charge in [0.25, 0.3) is 0 Å². The molecule has 1 heterocycles. The van der Waals surface area contributed by atoms with E-state index >= 15 is 0 Å². The van der Waals surface area contributed by atoms with Crippen LogP contribution in [0.5, 0.6) is 0 Å². The van der Waals surface area contributed by atoms with Crippen LogP contribution in [0.1, 0.15) is 0 Å². The zero-order valence-electron chi connectivity index (χ0n) is 4.85. The molecule has 0 amide bonds. The van der Waals surface area contributed by atoms with Gasteiger partial charge in [-0.15, -0.1) is 0 Å². The first-order valence-electron chi connectivity index (χ1n) is 2.67. The summed E-state index contributed by atoms with van der Waals surface area (Å²) in [5.41, 5.74) is 0. The SMILES string of the molecule is C1CNCCN1.NO. The molecule has 0 aromatic heterocycles. The van der Waals surface area contributed by atoms with Gasteiger partial charge in [0, 0.05) is 26.2 Å². The van der Waals surface area contributed by atoms with Crippen molar-refractivity contribution in [2.24, 2.45) is 5.90 Å². The highest BCUT2D eigenvalue weighted by Gasteiger charge is 1.91. The molecule has 0 spiro atoms. The van der Waals surface area contributed by atoms with Crippen molar-refractivity contribution in [3.8, 4) is 0 Å². The third kappa shape index (κ3) is 4.01. The summed E-state index contributed by atoms with van der Waals surface area (Å²) in [5, 5.41) is 12.9. The van der Waals surface area contributed by atoms with Gasteiger partial charge in [-0.25, -0.2) is 5.90 Å². The Labute approximate surface area is 49.0 Å². The van der Waals surface area contributed by atoms with Crippen molar-refractivity contribution < 1.29 is 5.21 Å². The van der Waals surface area contributed by atoms with E-state index < -0.39 is 0 Å². The van der Waals surface area contributed by atoms with Crippen LogP contribution in [-0.4, -0.2) is 31.4 Å². The van der Waals surface area contributed by atoms with Gasteiger partial charge >= 0.3 is 0 Å². The van der Waals surface area contributed by atoms with E-state index in [-0.39, 0.29) is 0 Å². The Kier molecular flexibility index (Phi) is 6.70. The minimum absolute atomic E-state index is 1.14. The third-order valence-electron chi connectivity index (χ3n) is 0.957. The molecule has 50 valence electrons. The molecule has 0 aromatic carbocycles. The molecule has 4 heteroatoms. The molecule has 0 saturated carbocycles. The van der Waals surface area contributed by atoms with Crippen LogP contribution in [-0.2, 0) is 0 Å². The second-order valence-electron chi connectivity index (χ2n) is 1.50. The van der Waals surface area contributed by atoms with Gasteiger partial charge in [0.15, 0.2) is 0 Å². The molecule has 1 rings (SSSR count). The van der Waals surface area contributed by atoms with E-state index in [1.165, 1.54) is 0 Å². The maximum Gasteiger partial charge on any atom is 0.00772 e. The molecule has 8 heavy (non-hydrogen) atoms. The van der Waals surface area contributed by atoms with Gasteiger partial charge in [-0.3, -0.25) is 0 Å². The molecule has 1 aliphatic heterocycles. The van der Waals surface area contributed by atoms with E-state index in [9.17, 15) is 0 Å². The molecule has 0 atom stereocenters. The lowest BCUT2D eigenvalue weighted by Gasteiger charge is -2.11. The average Bonchev–Trinajstić information content (AvgIpc) is 1.96. The van der Waals surface area contributed by atoms with Crippen LogP contribution in [0.4, 0.5) is 0 Å². The van der Waals surface area contributed by atoms with E-state index in [4.69, 9.17) is 5.21 Å². The zero-order valence-corrected chi connectivity index (χ0v) is 4.85. The van der Waals surface area contributed by atoms with Gasteiger partial charge in [-0.05, 0) is 0 Å². The molecular formula is C4H13N3O. The first-order valence-corrected chi connectivity index (χ1v) is 2.67. The topological polar surface area (TPSA) is 70.3 Å². The first kappa shape index (κ1) is 7.84. The summed E-state index contributed by atoms with van der Waals surface area (Å²) in [6.45, 7) is 4.56. The summed E-state index contributed by atoms with van der Waals surface area (Å²) in [4.78, 5) is 0. The van der Waals surface area contributed by atoms with Gasteiger partial charge < -0.3 is 15.8 Å². The lowest BCUT2D eigenvalue weighted by molar-refractivity contribution is 0.311. The fourth-order valence-electron chi connectivity index (χ4n) is 0.604. The fourth-order valence-corrected chi connectivity index (χ4v) is 0.604. The number of hydrogen-bond acceptors (Lipinski definition) is 4. The van der Waals surface area contributed by atoms with Crippen LogP contribution in [0.15, 0.2) is 0 Å². The van der Waals surface area contributed by atoms with Crippen LogP contribution in [0.25, 0.3) is 0 Å². The fraction of sp³-hybridized carbons (Fsp3) is 1.00. The lowest BCUT2D eigenvalue weighted by Crippen LogP contribution is -2.39. The number of nitrogens with one attached hydrogen (secondary N) is 2. The molecule has 0 radical (unpaired) electrons. The van der Waals surface area contributed by atoms with Gasteiger partial charge in [-0.1, -0.05) is 0 Å². The van der Waals surface area contributed by atoms with Crippen LogP contribution in [0.3, 0.4) is 0 Å². The monoisotopic (exact) mass is 119 g/mol. The van der Waals surface area contributed by atoms with Gasteiger partial charge in [-0.2, -0.15) is 0 Å². The average molecular weight is 119 g/mol. The maximum absolute atomic E-state index is 6.50. The minimum atomic E-state index is 1.14. The Balaban J connectivity index is 0.000000222. The van der Waals surface area contributed by atoms with Crippen molar-refractivity contribution in [3.63, 3.8) is 0 Å². The standard InChI is InChI=1S/C4H10N2.H3NO/c1-2-6-4-3-5-1;1-2/h5-6H,1-4H2;2H,1H2. The molecule has 1 fully saturated rings. The molecule has 5 N–H and O–H groups in total. The predicted octanol–water partition coefficient (Wildman–Crippen LogP) is -1.49. The maximum atomic E-state index is 6.50. The predicted molar refractivity (Wildman–Crippen MR) is 31.7 cm³/mol. The highest BCUT2D eigenvalue weighted by atomic mass is 16.4. The summed E-state index contributed by atoms with van der Waals surface area (Å²) < 4.78 is 0. The molecule has 4 nitrogen and oxygen atoms in total. The van der Waals surface area contributed by atoms with Gasteiger partial charge in [0.2, 0.25) is 0 Å². The molecule has 0 unspecified atom stereocenters. The Morgan fingerprint density at radius 2 is 1.12 bits per heavy atom. The second-order valence-corrected chi connectivity index (χ2v) is 1.50. The van der Waals surface area contributed by atoms with E-state index in [1.807, 2.05) is 0 Å². The van der Waals surface area contributed by atoms with Crippen LogP contribution >= 0.6 is 0 Å². The van der Waals surface area contributed by atoms with Crippen molar-refractivity contribution >= 4 is 0 Å². The van der Waals surface area contributed by atoms with Gasteiger partial charge in [0.05, 0.1) is 0 Å². The van der Waals surface area contributed by atoms with Crippen molar-refractivity contribution in [2.75, 3.05) is 26.2 Å². The summed E-state index contributed by atoms with van der Waals surface area (Å²) in [6, 6.07) is 0. The molecule has 0 aliphatic carbocycles. The number of rotatable bonds is 0. The molecular weight excluding hydrogens is 106 g/mol. The molecule has 0 bridgehead atoms. The van der Waals surface area contributed by atoms with Gasteiger partial charge in [0.1, 0.15) is 0 Å². The smallest absolute Gasteiger partial charge is 0.00772 e. The van der Waals surface area contributed by atoms with E-state index in [1.54, 1.807) is 0 Å². The lowest BCUT2D eigenvalue weighted by atomic mass is 10.4. The summed E-state index contributed by atoms with van der Waals surface area (Å²) >= 11 is 0. The number of piperazine rings is 1. The Morgan fingerprint density at radius 3 is 1.25 bits per heavy atom. The molecule has 0 aromatic rings. The molecule has 1 aliphatic rings. The van der Waals surface area contributed by atoms with Crippen molar-refractivity contribution in [3.05, 3.63) is 0 Å². The van der Waals surface area contributed by atoms with E-state index in [0.29, 0.717) is 0 Å². The highest BCUT2D eigenvalue weighted by molar-refractivity contribution is 4.59. The largest absolute Gasteiger partial charge is 0.320 e. The summed E-state index contributed by atoms with van der Waals surface area (Å²) in [5.74, 6) is 3.50. The number of hydrogen-bond donors (Lipinski definition) is 4. The van der Waals surface area contributed by atoms with E-state index in [0.717, 1.165) is 26.2 Å². The Bertz CT molecular complexity index is 26.8. The summed E-state index contributed by atoms with van der Waals surface area (Å²) in [7, 11) is 0. The Hall–Kier alpha value is -0.160. The minimum Gasteiger partial charge on any atom is -0.320 e. The number of nitrogens with two attached hydrogens (primary N) is 1. The zero-order chi connectivity index (χ0) is 6.24. The normalized spacial score (nSPS) is 18.8. The molecule has 1 saturated heterocycles. The van der Waals surface area contributed by atoms with Crippen molar-refractivity contribution in [2.45, 2.75) is 0 Å². The summed E-state index contributed by atoms with van der Waals surface area (Å²) in [6.07, 6.45) is 0. The Morgan fingerprint density at radius 1 is 0.875 bits per heavy atom. The van der Waals surface area contributed by atoms with Crippen LogP contribution in [0.2, 0.25) is 0 Å². The van der Waals surface area contributed by atoms with Crippen LogP contribution < -0.4 is 16.5 Å². The van der Waals surface area contributed by atoms with Crippen molar-refractivity contribution in [1.82, 2.24) is 10.6 Å². The second kappa shape index (κ2) is 6.84. The first-order chi connectivity index (χ1) is 4.00. The van der Waals surface area contributed by atoms with Crippen LogP contribution in [0, 0.1) is 0 Å².